The lowest BCUT2D eigenvalue weighted by molar-refractivity contribution is -0.149. The average molecular weight is 503 g/mol. The number of fused-ring (bicyclic) bond motifs is 9. The number of likely N-dealkylation sites (tertiary alicyclic amines) is 1. The number of benzene rings is 1. The molecule has 11 heteroatoms. The third kappa shape index (κ3) is 2.86. The first-order valence-corrected chi connectivity index (χ1v) is 12.7. The van der Waals surface area contributed by atoms with Crippen LogP contribution in [-0.2, 0) is 14.4 Å². The van der Waals surface area contributed by atoms with Crippen LogP contribution >= 0.6 is 23.1 Å². The summed E-state index contributed by atoms with van der Waals surface area (Å²) in [6, 6.07) is 5.73. The van der Waals surface area contributed by atoms with Crippen molar-refractivity contribution in [3.8, 4) is 11.5 Å². The van der Waals surface area contributed by atoms with Gasteiger partial charge in [-0.25, -0.2) is 0 Å². The molecule has 2 aliphatic carbocycles. The van der Waals surface area contributed by atoms with E-state index in [1.165, 1.54) is 11.3 Å². The van der Waals surface area contributed by atoms with Gasteiger partial charge in [0.1, 0.15) is 6.54 Å². The van der Waals surface area contributed by atoms with Gasteiger partial charge in [-0.15, -0.1) is 11.8 Å². The number of thiazole rings is 1. The molecule has 0 spiro atoms. The maximum atomic E-state index is 13.2. The number of aromatic nitrogens is 1. The number of amides is 2. The minimum absolute atomic E-state index is 0.0369. The van der Waals surface area contributed by atoms with Crippen LogP contribution in [0.1, 0.15) is 22.8 Å². The highest BCUT2D eigenvalue weighted by Gasteiger charge is 2.69. The smallest absolute Gasteiger partial charge is 0.323 e. The number of H-pyrrole nitrogens is 1. The van der Waals surface area contributed by atoms with Crippen molar-refractivity contribution in [1.82, 2.24) is 9.88 Å². The van der Waals surface area contributed by atoms with E-state index in [2.05, 4.69) is 4.98 Å². The van der Waals surface area contributed by atoms with Crippen LogP contribution in [0.3, 0.4) is 0 Å². The van der Waals surface area contributed by atoms with E-state index in [1.807, 2.05) is 18.2 Å². The molecule has 4 aliphatic rings. The Bertz CT molecular complexity index is 1290. The van der Waals surface area contributed by atoms with Crippen molar-refractivity contribution < 1.29 is 29.0 Å². The SMILES string of the molecule is COc1ccc([C@@H]2c3sc(=O)[nH]c3S[C@@H]3[C@H]4C[C@@H]([C@@H]5C(=O)N(CC(=O)O)C(=O)[C@H]45)[C@@H]23)cc1OC. The van der Waals surface area contributed by atoms with E-state index in [-0.39, 0.29) is 45.6 Å². The van der Waals surface area contributed by atoms with Crippen molar-refractivity contribution in [3.05, 3.63) is 38.3 Å². The maximum Gasteiger partial charge on any atom is 0.323 e. The molecule has 1 aromatic carbocycles. The highest BCUT2D eigenvalue weighted by atomic mass is 32.2. The molecule has 9 nitrogen and oxygen atoms in total. The van der Waals surface area contributed by atoms with E-state index in [0.717, 1.165) is 26.8 Å². The Balaban J connectivity index is 1.46. The van der Waals surface area contributed by atoms with Gasteiger partial charge in [-0.1, -0.05) is 17.4 Å². The number of methoxy groups -OCH3 is 2. The van der Waals surface area contributed by atoms with E-state index in [1.54, 1.807) is 26.0 Å². The summed E-state index contributed by atoms with van der Waals surface area (Å²) < 4.78 is 10.9. The van der Waals surface area contributed by atoms with Crippen LogP contribution in [0.5, 0.6) is 11.5 Å². The summed E-state index contributed by atoms with van der Waals surface area (Å²) >= 11 is 2.78. The van der Waals surface area contributed by atoms with Crippen LogP contribution in [-0.4, -0.2) is 58.8 Å². The molecule has 6 rings (SSSR count). The van der Waals surface area contributed by atoms with Crippen LogP contribution < -0.4 is 14.3 Å². The number of imide groups is 1. The van der Waals surface area contributed by atoms with Crippen LogP contribution in [0.15, 0.2) is 28.0 Å². The van der Waals surface area contributed by atoms with Crippen LogP contribution in [0.2, 0.25) is 0 Å². The zero-order valence-corrected chi connectivity index (χ0v) is 20.0. The first kappa shape index (κ1) is 21.7. The predicted octanol–water partition coefficient (Wildman–Crippen LogP) is 2.01. The fourth-order valence-corrected chi connectivity index (χ4v) is 9.68. The molecule has 2 amide bonds. The zero-order valence-electron chi connectivity index (χ0n) is 18.3. The summed E-state index contributed by atoms with van der Waals surface area (Å²) in [4.78, 5) is 54.6. The number of carbonyl (C=O) groups excluding carboxylic acids is 2. The lowest BCUT2D eigenvalue weighted by Gasteiger charge is -2.43. The first-order chi connectivity index (χ1) is 16.3. The molecule has 2 aliphatic heterocycles. The van der Waals surface area contributed by atoms with Crippen molar-refractivity contribution in [1.29, 1.82) is 0 Å². The summed E-state index contributed by atoms with van der Waals surface area (Å²) in [7, 11) is 3.14. The Morgan fingerprint density at radius 1 is 1.12 bits per heavy atom. The van der Waals surface area contributed by atoms with Crippen molar-refractivity contribution in [2.75, 3.05) is 20.8 Å². The number of nitrogens with one attached hydrogen (secondary N) is 1. The number of thioether (sulfide) groups is 1. The Hall–Kier alpha value is -2.79. The molecule has 7 atom stereocenters. The first-order valence-electron chi connectivity index (χ1n) is 11.0. The minimum Gasteiger partial charge on any atom is -0.493 e. The summed E-state index contributed by atoms with van der Waals surface area (Å²) in [5.41, 5.74) is 0.965. The standard InChI is InChI=1S/C23H22N2O7S2/c1-31-11-4-3-8(5-12(11)32-2)14-15-9-6-10(18(15)33-20-19(14)34-23(30)24-20)17-16(9)21(28)25(22(17)29)7-13(26)27/h3-5,9-10,14-18H,6-7H2,1-2H3,(H,24,30)(H,26,27)/t9-,10+,14+,15+,16+,17-,18-/m1/s1. The van der Waals surface area contributed by atoms with Crippen LogP contribution in [0.4, 0.5) is 0 Å². The molecule has 2 saturated carbocycles. The fourth-order valence-electron chi connectivity index (χ4n) is 6.79. The molecule has 1 aromatic heterocycles. The van der Waals surface area contributed by atoms with E-state index in [0.29, 0.717) is 11.5 Å². The van der Waals surface area contributed by atoms with Gasteiger partial charge in [0.15, 0.2) is 11.5 Å². The van der Waals surface area contributed by atoms with Gasteiger partial charge in [-0.3, -0.25) is 24.1 Å². The molecule has 178 valence electrons. The third-order valence-electron chi connectivity index (χ3n) is 7.88. The number of hydrogen-bond donors (Lipinski definition) is 2. The van der Waals surface area contributed by atoms with Gasteiger partial charge in [0.05, 0.1) is 31.1 Å². The van der Waals surface area contributed by atoms with Gasteiger partial charge >= 0.3 is 10.8 Å². The van der Waals surface area contributed by atoms with Gasteiger partial charge in [-0.05, 0) is 41.9 Å². The second-order valence-corrected chi connectivity index (χ2v) is 11.4. The third-order valence-corrected chi connectivity index (χ3v) is 10.5. The molecule has 2 aromatic rings. The largest absolute Gasteiger partial charge is 0.493 e. The summed E-state index contributed by atoms with van der Waals surface area (Å²) in [6.45, 7) is -0.591. The van der Waals surface area contributed by atoms with E-state index in [9.17, 15) is 24.3 Å². The molecule has 1 saturated heterocycles. The number of rotatable bonds is 5. The number of hydrogen-bond acceptors (Lipinski definition) is 8. The normalized spacial score (nSPS) is 33.0. The maximum absolute atomic E-state index is 13.2. The highest BCUT2D eigenvalue weighted by Crippen LogP contribution is 2.68. The van der Waals surface area contributed by atoms with Crippen molar-refractivity contribution in [2.45, 2.75) is 22.6 Å². The van der Waals surface area contributed by atoms with Gasteiger partial charge < -0.3 is 19.6 Å². The van der Waals surface area contributed by atoms with Crippen molar-refractivity contribution in [3.63, 3.8) is 0 Å². The number of aliphatic carboxylic acids is 1. The summed E-state index contributed by atoms with van der Waals surface area (Å²) in [5, 5.41) is 10.1. The average Bonchev–Trinajstić information content (AvgIpc) is 3.54. The summed E-state index contributed by atoms with van der Waals surface area (Å²) in [6.07, 6.45) is 0.749. The fraction of sp³-hybridized carbons (Fsp3) is 0.478. The second-order valence-electron chi connectivity index (χ2n) is 9.23. The Kier molecular flexibility index (Phi) is 4.86. The van der Waals surface area contributed by atoms with Gasteiger partial charge in [-0.2, -0.15) is 0 Å². The molecular formula is C23H22N2O7S2. The van der Waals surface area contributed by atoms with Crippen LogP contribution in [0.25, 0.3) is 0 Å². The van der Waals surface area contributed by atoms with E-state index < -0.39 is 24.3 Å². The number of carboxylic acid groups (broad SMARTS) is 1. The van der Waals surface area contributed by atoms with E-state index in [4.69, 9.17) is 9.47 Å². The van der Waals surface area contributed by atoms with Crippen molar-refractivity contribution in [2.24, 2.45) is 29.6 Å². The number of ether oxygens (including phenoxy) is 2. The topological polar surface area (TPSA) is 126 Å². The monoisotopic (exact) mass is 502 g/mol. The Morgan fingerprint density at radius 2 is 1.82 bits per heavy atom. The molecule has 2 bridgehead atoms. The number of carbonyl (C=O) groups is 3. The van der Waals surface area contributed by atoms with E-state index >= 15 is 0 Å². The molecule has 0 unspecified atom stereocenters. The Morgan fingerprint density at radius 3 is 2.50 bits per heavy atom. The quantitative estimate of drug-likeness (QED) is 0.595. The number of nitrogens with zero attached hydrogens (tertiary/aromatic N) is 1. The predicted molar refractivity (Wildman–Crippen MR) is 122 cm³/mol. The van der Waals surface area contributed by atoms with Crippen molar-refractivity contribution >= 4 is 40.9 Å². The van der Waals surface area contributed by atoms with Crippen LogP contribution in [0, 0.1) is 29.6 Å². The lowest BCUT2D eigenvalue weighted by Crippen LogP contribution is -2.42. The van der Waals surface area contributed by atoms with Gasteiger partial charge in [0.25, 0.3) is 0 Å². The van der Waals surface area contributed by atoms with Gasteiger partial charge in [0.2, 0.25) is 11.8 Å². The Labute approximate surface area is 202 Å². The molecule has 2 N–H and O–H groups in total. The molecular weight excluding hydrogens is 480 g/mol. The molecule has 0 radical (unpaired) electrons. The molecule has 34 heavy (non-hydrogen) atoms. The minimum atomic E-state index is -1.19. The van der Waals surface area contributed by atoms with Gasteiger partial charge in [0, 0.05) is 16.0 Å². The molecule has 3 heterocycles. The zero-order chi connectivity index (χ0) is 23.9. The second kappa shape index (κ2) is 7.61. The summed E-state index contributed by atoms with van der Waals surface area (Å²) in [5.74, 6) is -1.93. The highest BCUT2D eigenvalue weighted by molar-refractivity contribution is 8.00. The molecule has 3 fully saturated rings. The lowest BCUT2D eigenvalue weighted by atomic mass is 9.68. The number of carboxylic acids is 1. The number of aromatic amines is 1.